The lowest BCUT2D eigenvalue weighted by Gasteiger charge is -2.32. The Bertz CT molecular complexity index is 856. The number of benzene rings is 1. The number of aromatic nitrogens is 2. The monoisotopic (exact) mass is 368 g/mol. The third-order valence-corrected chi connectivity index (χ3v) is 5.26. The first-order valence-corrected chi connectivity index (χ1v) is 9.43. The van der Waals surface area contributed by atoms with Crippen LogP contribution in [0.1, 0.15) is 41.7 Å². The fraction of sp³-hybridized carbons (Fsp3) is 0.421. The van der Waals surface area contributed by atoms with Crippen LogP contribution in [0.15, 0.2) is 24.4 Å². The molecule has 27 heavy (non-hydrogen) atoms. The minimum absolute atomic E-state index is 0.225. The lowest BCUT2D eigenvalue weighted by molar-refractivity contribution is 0.100. The standard InChI is InChI=1S/C19H24N6O2/c20-18(26)13-6-7-16(24-8-2-1-3-9-24)15(11-13)22-19(27)25-10-4-5-14-17(25)12-21-23-14/h6-7,11-12H,1-5,8-10H2,(H2,20,26)(H,21,23)(H,22,27). The number of piperidine rings is 1. The molecule has 0 atom stereocenters. The Morgan fingerprint density at radius 1 is 1.07 bits per heavy atom. The molecule has 1 aromatic heterocycles. The summed E-state index contributed by atoms with van der Waals surface area (Å²) in [4.78, 5) is 28.6. The van der Waals surface area contributed by atoms with Crippen LogP contribution in [0.5, 0.6) is 0 Å². The summed E-state index contributed by atoms with van der Waals surface area (Å²) in [5.41, 5.74) is 9.16. The summed E-state index contributed by atoms with van der Waals surface area (Å²) < 4.78 is 0. The summed E-state index contributed by atoms with van der Waals surface area (Å²) >= 11 is 0. The maximum atomic E-state index is 13.0. The van der Waals surface area contributed by atoms with E-state index >= 15 is 0 Å². The van der Waals surface area contributed by atoms with Crippen LogP contribution in [0.4, 0.5) is 21.9 Å². The van der Waals surface area contributed by atoms with Crippen LogP contribution in [0.3, 0.4) is 0 Å². The average Bonchev–Trinajstić information content (AvgIpc) is 3.17. The summed E-state index contributed by atoms with van der Waals surface area (Å²) in [6, 6.07) is 5.04. The minimum Gasteiger partial charge on any atom is -0.370 e. The largest absolute Gasteiger partial charge is 0.370 e. The van der Waals surface area contributed by atoms with Crippen molar-refractivity contribution < 1.29 is 9.59 Å². The Kier molecular flexibility index (Phi) is 4.70. The van der Waals surface area contributed by atoms with Crippen molar-refractivity contribution in [2.75, 3.05) is 34.8 Å². The van der Waals surface area contributed by atoms with Crippen molar-refractivity contribution in [3.63, 3.8) is 0 Å². The fourth-order valence-electron chi connectivity index (χ4n) is 3.85. The molecular weight excluding hydrogens is 344 g/mol. The van der Waals surface area contributed by atoms with E-state index < -0.39 is 5.91 Å². The maximum Gasteiger partial charge on any atom is 0.326 e. The molecule has 0 radical (unpaired) electrons. The average molecular weight is 368 g/mol. The van der Waals surface area contributed by atoms with Crippen LogP contribution in [-0.4, -0.2) is 41.8 Å². The van der Waals surface area contributed by atoms with Crippen molar-refractivity contribution >= 4 is 29.0 Å². The number of hydrogen-bond acceptors (Lipinski definition) is 4. The summed E-state index contributed by atoms with van der Waals surface area (Å²) in [7, 11) is 0. The van der Waals surface area contributed by atoms with Gasteiger partial charge in [0, 0.05) is 25.2 Å². The predicted molar refractivity (Wildman–Crippen MR) is 104 cm³/mol. The number of hydrogen-bond donors (Lipinski definition) is 3. The van der Waals surface area contributed by atoms with Crippen molar-refractivity contribution in [3.05, 3.63) is 35.7 Å². The minimum atomic E-state index is -0.509. The molecule has 0 spiro atoms. The third kappa shape index (κ3) is 3.47. The number of nitrogens with one attached hydrogen (secondary N) is 2. The van der Waals surface area contributed by atoms with E-state index in [-0.39, 0.29) is 6.03 Å². The fourth-order valence-corrected chi connectivity index (χ4v) is 3.85. The van der Waals surface area contributed by atoms with E-state index in [0.717, 1.165) is 55.8 Å². The molecule has 4 N–H and O–H groups in total. The maximum absolute atomic E-state index is 13.0. The number of nitrogens with zero attached hydrogens (tertiary/aromatic N) is 3. The first kappa shape index (κ1) is 17.4. The summed E-state index contributed by atoms with van der Waals surface area (Å²) in [5.74, 6) is -0.509. The molecular formula is C19H24N6O2. The van der Waals surface area contributed by atoms with Gasteiger partial charge in [0.15, 0.2) is 0 Å². The third-order valence-electron chi connectivity index (χ3n) is 5.26. The molecule has 1 aromatic carbocycles. The number of amides is 3. The lowest BCUT2D eigenvalue weighted by Crippen LogP contribution is -2.39. The Morgan fingerprint density at radius 3 is 2.67 bits per heavy atom. The Labute approximate surface area is 157 Å². The number of carbonyl (C=O) groups excluding carboxylic acids is 2. The number of H-pyrrole nitrogens is 1. The number of urea groups is 1. The highest BCUT2D eigenvalue weighted by atomic mass is 16.2. The van der Waals surface area contributed by atoms with Gasteiger partial charge in [-0.3, -0.25) is 14.8 Å². The number of anilines is 3. The molecule has 1 saturated heterocycles. The van der Waals surface area contributed by atoms with Crippen LogP contribution in [-0.2, 0) is 6.42 Å². The highest BCUT2D eigenvalue weighted by molar-refractivity contribution is 6.05. The second kappa shape index (κ2) is 7.30. The van der Waals surface area contributed by atoms with Gasteiger partial charge < -0.3 is 16.0 Å². The summed E-state index contributed by atoms with van der Waals surface area (Å²) in [6.45, 7) is 2.51. The van der Waals surface area contributed by atoms with Gasteiger partial charge in [0.25, 0.3) is 0 Å². The van der Waals surface area contributed by atoms with E-state index in [2.05, 4.69) is 20.4 Å². The Balaban J connectivity index is 1.63. The molecule has 142 valence electrons. The van der Waals surface area contributed by atoms with E-state index in [4.69, 9.17) is 5.73 Å². The molecule has 8 heteroatoms. The van der Waals surface area contributed by atoms with Crippen LogP contribution in [0.2, 0.25) is 0 Å². The molecule has 0 unspecified atom stereocenters. The lowest BCUT2D eigenvalue weighted by atomic mass is 10.1. The van der Waals surface area contributed by atoms with Gasteiger partial charge in [-0.2, -0.15) is 5.10 Å². The van der Waals surface area contributed by atoms with E-state index in [1.165, 1.54) is 6.42 Å². The smallest absolute Gasteiger partial charge is 0.326 e. The molecule has 8 nitrogen and oxygen atoms in total. The highest BCUT2D eigenvalue weighted by Crippen LogP contribution is 2.31. The zero-order valence-corrected chi connectivity index (χ0v) is 15.2. The molecule has 0 saturated carbocycles. The zero-order chi connectivity index (χ0) is 18.8. The zero-order valence-electron chi connectivity index (χ0n) is 15.2. The second-order valence-corrected chi connectivity index (χ2v) is 7.06. The predicted octanol–water partition coefficient (Wildman–Crippen LogP) is 2.48. The van der Waals surface area contributed by atoms with E-state index in [1.54, 1.807) is 23.2 Å². The number of primary amides is 1. The number of carbonyl (C=O) groups is 2. The van der Waals surface area contributed by atoms with Crippen LogP contribution in [0, 0.1) is 0 Å². The molecule has 2 aromatic rings. The van der Waals surface area contributed by atoms with Crippen molar-refractivity contribution in [3.8, 4) is 0 Å². The SMILES string of the molecule is NC(=O)c1ccc(N2CCCCC2)c(NC(=O)N2CCCc3[nH]ncc32)c1. The molecule has 2 aliphatic rings. The van der Waals surface area contributed by atoms with Crippen molar-refractivity contribution in [2.45, 2.75) is 32.1 Å². The van der Waals surface area contributed by atoms with Crippen molar-refractivity contribution in [1.29, 1.82) is 0 Å². The van der Waals surface area contributed by atoms with Crippen molar-refractivity contribution in [1.82, 2.24) is 10.2 Å². The normalized spacial score (nSPS) is 16.7. The molecule has 0 bridgehead atoms. The Morgan fingerprint density at radius 2 is 1.89 bits per heavy atom. The van der Waals surface area contributed by atoms with E-state index in [1.807, 2.05) is 6.07 Å². The van der Waals surface area contributed by atoms with Gasteiger partial charge in [-0.05, 0) is 50.3 Å². The second-order valence-electron chi connectivity index (χ2n) is 7.06. The first-order chi connectivity index (χ1) is 13.1. The molecule has 3 amide bonds. The summed E-state index contributed by atoms with van der Waals surface area (Å²) in [5, 5.41) is 10.0. The van der Waals surface area contributed by atoms with E-state index in [0.29, 0.717) is 17.8 Å². The molecule has 2 aliphatic heterocycles. The highest BCUT2D eigenvalue weighted by Gasteiger charge is 2.25. The first-order valence-electron chi connectivity index (χ1n) is 9.43. The summed E-state index contributed by atoms with van der Waals surface area (Å²) in [6.07, 6.45) is 6.90. The van der Waals surface area contributed by atoms with Gasteiger partial charge in [0.1, 0.15) is 0 Å². The van der Waals surface area contributed by atoms with Crippen LogP contribution >= 0.6 is 0 Å². The number of fused-ring (bicyclic) bond motifs is 1. The van der Waals surface area contributed by atoms with Gasteiger partial charge >= 0.3 is 6.03 Å². The molecule has 4 rings (SSSR count). The van der Waals surface area contributed by atoms with Gasteiger partial charge in [-0.15, -0.1) is 0 Å². The number of aryl methyl sites for hydroxylation is 1. The van der Waals surface area contributed by atoms with Gasteiger partial charge in [0.2, 0.25) is 5.91 Å². The van der Waals surface area contributed by atoms with Crippen LogP contribution < -0.4 is 20.9 Å². The molecule has 3 heterocycles. The van der Waals surface area contributed by atoms with Gasteiger partial charge in [-0.1, -0.05) is 0 Å². The van der Waals surface area contributed by atoms with Crippen LogP contribution in [0.25, 0.3) is 0 Å². The molecule has 1 fully saturated rings. The number of rotatable bonds is 3. The molecule has 0 aliphatic carbocycles. The Hall–Kier alpha value is -3.03. The van der Waals surface area contributed by atoms with Gasteiger partial charge in [0.05, 0.1) is 29.0 Å². The number of nitrogens with two attached hydrogens (primary N) is 1. The quantitative estimate of drug-likeness (QED) is 0.773. The van der Waals surface area contributed by atoms with Crippen molar-refractivity contribution in [2.24, 2.45) is 5.73 Å². The number of aromatic amines is 1. The van der Waals surface area contributed by atoms with E-state index in [9.17, 15) is 9.59 Å². The van der Waals surface area contributed by atoms with Gasteiger partial charge in [-0.25, -0.2) is 4.79 Å². The topological polar surface area (TPSA) is 107 Å².